The van der Waals surface area contributed by atoms with Gasteiger partial charge in [0.2, 0.25) is 0 Å². The summed E-state index contributed by atoms with van der Waals surface area (Å²) in [5, 5.41) is 32.0. The third-order valence-electron chi connectivity index (χ3n) is 1.93. The van der Waals surface area contributed by atoms with Crippen molar-refractivity contribution < 1.29 is 19.5 Å². The van der Waals surface area contributed by atoms with Crippen LogP contribution in [0.1, 0.15) is 6.92 Å². The smallest absolute Gasteiger partial charge is 0.325 e. The first-order valence-electron chi connectivity index (χ1n) is 4.62. The van der Waals surface area contributed by atoms with Crippen LogP contribution in [0.3, 0.4) is 0 Å². The predicted molar refractivity (Wildman–Crippen MR) is 57.6 cm³/mol. The van der Waals surface area contributed by atoms with E-state index in [0.29, 0.717) is 12.1 Å². The Hall–Kier alpha value is -2.78. The Morgan fingerprint density at radius 3 is 1.72 bits per heavy atom. The molecule has 0 spiro atoms. The lowest BCUT2D eigenvalue weighted by atomic mass is 10.2. The monoisotopic (exact) mass is 257 g/mol. The maximum Gasteiger partial charge on any atom is 0.325 e. The molecule has 0 unspecified atom stereocenters. The van der Waals surface area contributed by atoms with Gasteiger partial charge in [0.25, 0.3) is 11.4 Å². The zero-order valence-electron chi connectivity index (χ0n) is 9.06. The summed E-state index contributed by atoms with van der Waals surface area (Å²) in [6.45, 7) is 1.44. The molecule has 0 aromatic heterocycles. The number of ether oxygens (including phenoxy) is 1. The van der Waals surface area contributed by atoms with E-state index >= 15 is 0 Å². The zero-order chi connectivity index (χ0) is 13.9. The average molecular weight is 257 g/mol. The van der Waals surface area contributed by atoms with Gasteiger partial charge < -0.3 is 4.74 Å². The number of hydrogen-bond donors (Lipinski definition) is 0. The van der Waals surface area contributed by atoms with Crippen molar-refractivity contribution in [2.75, 3.05) is 6.61 Å². The highest BCUT2D eigenvalue weighted by Gasteiger charge is 2.31. The standard InChI is InChI=1S/C8H7N3O7/c1-2-18-8-6(10(14)15)3-5(9(12)13)4-7(8)11(16)17/h3-4H,2H2,1H3. The van der Waals surface area contributed by atoms with Crippen molar-refractivity contribution in [1.29, 1.82) is 0 Å². The molecule has 0 aliphatic heterocycles. The van der Waals surface area contributed by atoms with Crippen LogP contribution in [-0.2, 0) is 0 Å². The number of benzene rings is 1. The maximum absolute atomic E-state index is 10.7. The van der Waals surface area contributed by atoms with Crippen molar-refractivity contribution in [3.63, 3.8) is 0 Å². The quantitative estimate of drug-likeness (QED) is 0.578. The summed E-state index contributed by atoms with van der Waals surface area (Å²) < 4.78 is 4.82. The summed E-state index contributed by atoms with van der Waals surface area (Å²) in [5.74, 6) is -0.585. The van der Waals surface area contributed by atoms with Gasteiger partial charge >= 0.3 is 11.4 Å². The number of nitrogens with zero attached hydrogens (tertiary/aromatic N) is 3. The van der Waals surface area contributed by atoms with E-state index in [4.69, 9.17) is 4.74 Å². The van der Waals surface area contributed by atoms with Crippen LogP contribution < -0.4 is 4.74 Å². The molecular formula is C8H7N3O7. The largest absolute Gasteiger partial charge is 0.482 e. The molecule has 0 aliphatic carbocycles. The van der Waals surface area contributed by atoms with Crippen LogP contribution >= 0.6 is 0 Å². The Labute approximate surface area is 99.2 Å². The Morgan fingerprint density at radius 1 is 1.00 bits per heavy atom. The Bertz CT molecular complexity index is 492. The molecule has 0 atom stereocenters. The third-order valence-corrected chi connectivity index (χ3v) is 1.93. The van der Waals surface area contributed by atoms with Crippen molar-refractivity contribution >= 4 is 17.1 Å². The van der Waals surface area contributed by atoms with Gasteiger partial charge in [0.05, 0.1) is 33.5 Å². The molecule has 0 saturated heterocycles. The van der Waals surface area contributed by atoms with Gasteiger partial charge in [-0.2, -0.15) is 0 Å². The lowest BCUT2D eigenvalue weighted by molar-refractivity contribution is -0.404. The number of nitro groups is 3. The van der Waals surface area contributed by atoms with E-state index in [0.717, 1.165) is 0 Å². The first-order valence-corrected chi connectivity index (χ1v) is 4.62. The van der Waals surface area contributed by atoms with E-state index in [2.05, 4.69) is 0 Å². The SMILES string of the molecule is CCOc1c([N+](=O)[O-])cc([N+](=O)[O-])cc1[N+](=O)[O-]. The average Bonchev–Trinajstić information content (AvgIpc) is 2.28. The highest BCUT2D eigenvalue weighted by Crippen LogP contribution is 2.40. The van der Waals surface area contributed by atoms with Crippen LogP contribution in [0.15, 0.2) is 12.1 Å². The third kappa shape index (κ3) is 2.48. The van der Waals surface area contributed by atoms with Gasteiger partial charge in [-0.05, 0) is 6.92 Å². The number of hydrogen-bond acceptors (Lipinski definition) is 7. The molecule has 10 heteroatoms. The minimum Gasteiger partial charge on any atom is -0.482 e. The number of nitro benzene ring substituents is 3. The lowest BCUT2D eigenvalue weighted by Crippen LogP contribution is -2.03. The number of rotatable bonds is 5. The summed E-state index contributed by atoms with van der Waals surface area (Å²) in [7, 11) is 0. The molecule has 0 bridgehead atoms. The molecule has 0 saturated carbocycles. The summed E-state index contributed by atoms with van der Waals surface area (Å²) in [4.78, 5) is 29.1. The van der Waals surface area contributed by atoms with E-state index in [1.165, 1.54) is 6.92 Å². The van der Waals surface area contributed by atoms with Gasteiger partial charge in [-0.25, -0.2) is 0 Å². The second-order valence-electron chi connectivity index (χ2n) is 3.02. The van der Waals surface area contributed by atoms with Crippen molar-refractivity contribution in [1.82, 2.24) is 0 Å². The van der Waals surface area contributed by atoms with E-state index < -0.39 is 37.6 Å². The van der Waals surface area contributed by atoms with Gasteiger partial charge in [-0.3, -0.25) is 30.3 Å². The van der Waals surface area contributed by atoms with E-state index in [1.807, 2.05) is 0 Å². The molecule has 0 heterocycles. The van der Waals surface area contributed by atoms with Crippen LogP contribution in [0.5, 0.6) is 5.75 Å². The molecule has 1 aromatic rings. The molecule has 1 aromatic carbocycles. The lowest BCUT2D eigenvalue weighted by Gasteiger charge is -2.04. The van der Waals surface area contributed by atoms with E-state index in [1.54, 1.807) is 0 Å². The van der Waals surface area contributed by atoms with Gasteiger partial charge in [-0.1, -0.05) is 0 Å². The van der Waals surface area contributed by atoms with Crippen LogP contribution in [-0.4, -0.2) is 21.4 Å². The Balaban J connectivity index is 3.59. The van der Waals surface area contributed by atoms with Crippen LogP contribution in [0, 0.1) is 30.3 Å². The minimum atomic E-state index is -0.967. The van der Waals surface area contributed by atoms with Crippen LogP contribution in [0.2, 0.25) is 0 Å². The highest BCUT2D eigenvalue weighted by atomic mass is 16.6. The molecule has 0 N–H and O–H groups in total. The van der Waals surface area contributed by atoms with Crippen LogP contribution in [0.4, 0.5) is 17.1 Å². The second kappa shape index (κ2) is 5.03. The molecule has 96 valence electrons. The zero-order valence-corrected chi connectivity index (χ0v) is 9.06. The minimum absolute atomic E-state index is 0.0422. The summed E-state index contributed by atoms with van der Waals surface area (Å²) in [6, 6.07) is 1.25. The van der Waals surface area contributed by atoms with E-state index in [-0.39, 0.29) is 6.61 Å². The fraction of sp³-hybridized carbons (Fsp3) is 0.250. The topological polar surface area (TPSA) is 139 Å². The van der Waals surface area contributed by atoms with Crippen molar-refractivity contribution in [2.24, 2.45) is 0 Å². The van der Waals surface area contributed by atoms with Gasteiger partial charge in [0.1, 0.15) is 0 Å². The molecule has 10 nitrogen and oxygen atoms in total. The molecule has 0 aliphatic rings. The van der Waals surface area contributed by atoms with Crippen LogP contribution in [0.25, 0.3) is 0 Å². The molecule has 0 amide bonds. The summed E-state index contributed by atoms with van der Waals surface area (Å²) in [6.07, 6.45) is 0. The molecule has 0 fully saturated rings. The molecule has 18 heavy (non-hydrogen) atoms. The first-order chi connectivity index (χ1) is 8.38. The van der Waals surface area contributed by atoms with Crippen molar-refractivity contribution in [2.45, 2.75) is 6.92 Å². The second-order valence-corrected chi connectivity index (χ2v) is 3.02. The number of non-ortho nitro benzene ring substituents is 1. The summed E-state index contributed by atoms with van der Waals surface area (Å²) >= 11 is 0. The Kier molecular flexibility index (Phi) is 3.72. The summed E-state index contributed by atoms with van der Waals surface area (Å²) in [5.41, 5.74) is -2.35. The molecular weight excluding hydrogens is 250 g/mol. The molecule has 0 radical (unpaired) electrons. The van der Waals surface area contributed by atoms with Crippen molar-refractivity contribution in [3.05, 3.63) is 42.5 Å². The molecule has 1 rings (SSSR count). The first kappa shape index (κ1) is 13.3. The predicted octanol–water partition coefficient (Wildman–Crippen LogP) is 1.81. The van der Waals surface area contributed by atoms with Gasteiger partial charge in [0, 0.05) is 0 Å². The van der Waals surface area contributed by atoms with Gasteiger partial charge in [-0.15, -0.1) is 0 Å². The van der Waals surface area contributed by atoms with E-state index in [9.17, 15) is 30.3 Å². The van der Waals surface area contributed by atoms with Gasteiger partial charge in [0.15, 0.2) is 0 Å². The van der Waals surface area contributed by atoms with Crippen molar-refractivity contribution in [3.8, 4) is 5.75 Å². The fourth-order valence-electron chi connectivity index (χ4n) is 1.25. The fourth-order valence-corrected chi connectivity index (χ4v) is 1.25. The maximum atomic E-state index is 10.7. The normalized spacial score (nSPS) is 9.83. The highest BCUT2D eigenvalue weighted by molar-refractivity contribution is 5.65. The Morgan fingerprint density at radius 2 is 1.44 bits per heavy atom.